The van der Waals surface area contributed by atoms with Crippen molar-refractivity contribution in [3.05, 3.63) is 0 Å². The van der Waals surface area contributed by atoms with Crippen LogP contribution in [-0.4, -0.2) is 96.7 Å². The first-order valence-corrected chi connectivity index (χ1v) is 46.0. The minimum Gasteiger partial charge on any atom is -0.462 e. The summed E-state index contributed by atoms with van der Waals surface area (Å²) in [6.45, 7) is 9.70. The SMILES string of the molecule is CCCCCCCCCCCCCCCC(=O)OC[C@H](COP(=O)(O)OC[C@H](O)COP(=O)(O)OC[C@@H](COC(=O)CCCCCCCCCCCCCCC(C)C)OC(=O)CCCCCCCCCCCCCCCCCCCCC(C)C)OC(=O)CCCCCCCCCCCCCCC. The van der Waals surface area contributed by atoms with Crippen molar-refractivity contribution in [2.45, 2.75) is 458 Å². The van der Waals surface area contributed by atoms with Crippen LogP contribution < -0.4 is 0 Å². The number of esters is 4. The first kappa shape index (κ1) is 100. The number of carbonyl (C=O) groups is 4. The smallest absolute Gasteiger partial charge is 0.462 e. The summed E-state index contributed by atoms with van der Waals surface area (Å²) in [5.41, 5.74) is 0. The largest absolute Gasteiger partial charge is 0.472 e. The zero-order chi connectivity index (χ0) is 74.9. The standard InChI is InChI=1S/C83H162O17P2/c1-7-9-11-13-15-17-19-27-35-41-47-53-59-65-80(85)93-71-78(99-82(87)67-61-55-49-43-37-28-20-18-16-14-12-10-8-2)73-97-101(89,90)95-69-77(84)70-96-102(91,92)98-74-79(72-94-81(86)66-60-54-48-42-36-32-31-34-40-46-52-58-64-76(5)6)100-83(88)68-62-56-50-44-38-30-26-24-22-21-23-25-29-33-39-45-51-57-63-75(3)4/h75-79,84H,7-74H2,1-6H3,(H,89,90)(H,91,92)/t77-,78+,79+/m0/s1. The van der Waals surface area contributed by atoms with E-state index in [0.717, 1.165) is 102 Å². The van der Waals surface area contributed by atoms with Gasteiger partial charge < -0.3 is 33.8 Å². The maximum atomic E-state index is 13.1. The average molecular weight is 1490 g/mol. The molecule has 0 rings (SSSR count). The van der Waals surface area contributed by atoms with Gasteiger partial charge >= 0.3 is 39.5 Å². The molecule has 17 nitrogen and oxygen atoms in total. The lowest BCUT2D eigenvalue weighted by Crippen LogP contribution is -2.30. The summed E-state index contributed by atoms with van der Waals surface area (Å²) in [7, 11) is -9.92. The lowest BCUT2D eigenvalue weighted by Gasteiger charge is -2.21. The van der Waals surface area contributed by atoms with Crippen LogP contribution in [0.3, 0.4) is 0 Å². The minimum atomic E-state index is -4.96. The summed E-state index contributed by atoms with van der Waals surface area (Å²) in [6.07, 6.45) is 65.1. The van der Waals surface area contributed by atoms with E-state index in [1.807, 2.05) is 0 Å². The molecular formula is C83H162O17P2. The molecule has 102 heavy (non-hydrogen) atoms. The van der Waals surface area contributed by atoms with Crippen LogP contribution in [-0.2, 0) is 65.4 Å². The van der Waals surface area contributed by atoms with Gasteiger partial charge in [-0.25, -0.2) is 9.13 Å². The molecule has 0 radical (unpaired) electrons. The zero-order valence-electron chi connectivity index (χ0n) is 66.9. The van der Waals surface area contributed by atoms with E-state index >= 15 is 0 Å². The molecule has 0 saturated carbocycles. The molecule has 0 spiro atoms. The molecule has 0 aliphatic carbocycles. The third kappa shape index (κ3) is 76.3. The van der Waals surface area contributed by atoms with Gasteiger partial charge in [-0.15, -0.1) is 0 Å². The maximum absolute atomic E-state index is 13.1. The van der Waals surface area contributed by atoms with Crippen molar-refractivity contribution in [3.63, 3.8) is 0 Å². The fraction of sp³-hybridized carbons (Fsp3) is 0.952. The topological polar surface area (TPSA) is 237 Å². The monoisotopic (exact) mass is 1490 g/mol. The van der Waals surface area contributed by atoms with Crippen LogP contribution >= 0.6 is 15.6 Å². The molecule has 0 fully saturated rings. The van der Waals surface area contributed by atoms with Crippen molar-refractivity contribution < 1.29 is 80.2 Å². The summed E-state index contributed by atoms with van der Waals surface area (Å²) < 4.78 is 68.8. The Hall–Kier alpha value is -1.94. The highest BCUT2D eigenvalue weighted by Crippen LogP contribution is 2.45. The predicted octanol–water partition coefficient (Wildman–Crippen LogP) is 25.1. The molecule has 0 amide bonds. The lowest BCUT2D eigenvalue weighted by atomic mass is 10.0. The van der Waals surface area contributed by atoms with Gasteiger partial charge in [0.25, 0.3) is 0 Å². The van der Waals surface area contributed by atoms with Gasteiger partial charge in [0, 0.05) is 25.7 Å². The van der Waals surface area contributed by atoms with Gasteiger partial charge in [-0.05, 0) is 37.5 Å². The molecule has 3 N–H and O–H groups in total. The number of unbranched alkanes of at least 4 members (excludes halogenated alkanes) is 52. The lowest BCUT2D eigenvalue weighted by molar-refractivity contribution is -0.161. The van der Waals surface area contributed by atoms with E-state index in [9.17, 15) is 43.2 Å². The van der Waals surface area contributed by atoms with Gasteiger partial charge in [0.2, 0.25) is 0 Å². The highest BCUT2D eigenvalue weighted by atomic mass is 31.2. The van der Waals surface area contributed by atoms with Gasteiger partial charge in [-0.1, -0.05) is 388 Å². The number of rotatable bonds is 82. The molecule has 0 aliphatic heterocycles. The van der Waals surface area contributed by atoms with Crippen LogP contribution in [0.1, 0.15) is 440 Å². The molecule has 0 bridgehead atoms. The summed E-state index contributed by atoms with van der Waals surface area (Å²) in [5, 5.41) is 10.7. The third-order valence-electron chi connectivity index (χ3n) is 19.5. The Bertz CT molecular complexity index is 1960. The van der Waals surface area contributed by atoms with E-state index in [2.05, 4.69) is 41.5 Å². The van der Waals surface area contributed by atoms with Crippen LogP contribution in [0.25, 0.3) is 0 Å². The number of phosphoric acid groups is 2. The quantitative estimate of drug-likeness (QED) is 0.0222. The molecule has 0 aromatic heterocycles. The number of hydrogen-bond acceptors (Lipinski definition) is 15. The van der Waals surface area contributed by atoms with Crippen molar-refractivity contribution in [2.24, 2.45) is 11.8 Å². The molecular weight excluding hydrogens is 1330 g/mol. The van der Waals surface area contributed by atoms with Gasteiger partial charge in [0.05, 0.1) is 26.4 Å². The molecule has 0 aromatic carbocycles. The third-order valence-corrected chi connectivity index (χ3v) is 21.4. The van der Waals surface area contributed by atoms with Crippen molar-refractivity contribution in [2.75, 3.05) is 39.6 Å². The molecule has 606 valence electrons. The van der Waals surface area contributed by atoms with Crippen molar-refractivity contribution in [3.8, 4) is 0 Å². The van der Waals surface area contributed by atoms with Crippen molar-refractivity contribution >= 4 is 39.5 Å². The number of phosphoric ester groups is 2. The molecule has 0 aromatic rings. The Morgan fingerprint density at radius 3 is 0.667 bits per heavy atom. The Morgan fingerprint density at radius 2 is 0.451 bits per heavy atom. The van der Waals surface area contributed by atoms with Crippen LogP contribution in [0.4, 0.5) is 0 Å². The first-order chi connectivity index (χ1) is 49.4. The highest BCUT2D eigenvalue weighted by Gasteiger charge is 2.30. The van der Waals surface area contributed by atoms with E-state index in [1.165, 1.54) is 257 Å². The number of ether oxygens (including phenoxy) is 4. The van der Waals surface area contributed by atoms with Crippen LogP contribution in [0, 0.1) is 11.8 Å². The normalized spacial score (nSPS) is 13.9. The summed E-state index contributed by atoms with van der Waals surface area (Å²) in [6, 6.07) is 0. The number of aliphatic hydroxyl groups is 1. The molecule has 19 heteroatoms. The van der Waals surface area contributed by atoms with Crippen LogP contribution in [0.5, 0.6) is 0 Å². The second-order valence-corrected chi connectivity index (χ2v) is 33.7. The molecule has 5 atom stereocenters. The second kappa shape index (κ2) is 74.5. The van der Waals surface area contributed by atoms with Crippen molar-refractivity contribution in [1.29, 1.82) is 0 Å². The van der Waals surface area contributed by atoms with E-state index in [-0.39, 0.29) is 25.7 Å². The van der Waals surface area contributed by atoms with E-state index in [1.54, 1.807) is 0 Å². The van der Waals surface area contributed by atoms with E-state index < -0.39 is 97.5 Å². The first-order valence-electron chi connectivity index (χ1n) is 43.0. The Morgan fingerprint density at radius 1 is 0.265 bits per heavy atom. The fourth-order valence-electron chi connectivity index (χ4n) is 12.9. The van der Waals surface area contributed by atoms with Gasteiger partial charge in [-0.2, -0.15) is 0 Å². The Kier molecular flexibility index (Phi) is 73.1. The Balaban J connectivity index is 5.24. The number of aliphatic hydroxyl groups excluding tert-OH is 1. The number of hydrogen-bond donors (Lipinski definition) is 3. The summed E-state index contributed by atoms with van der Waals surface area (Å²) in [4.78, 5) is 73.1. The van der Waals surface area contributed by atoms with E-state index in [0.29, 0.717) is 25.7 Å². The van der Waals surface area contributed by atoms with Gasteiger partial charge in [-0.3, -0.25) is 37.3 Å². The zero-order valence-corrected chi connectivity index (χ0v) is 68.7. The van der Waals surface area contributed by atoms with Crippen molar-refractivity contribution in [1.82, 2.24) is 0 Å². The van der Waals surface area contributed by atoms with Gasteiger partial charge in [0.1, 0.15) is 19.3 Å². The van der Waals surface area contributed by atoms with Crippen LogP contribution in [0.15, 0.2) is 0 Å². The number of carbonyl (C=O) groups excluding carboxylic acids is 4. The molecule has 0 heterocycles. The van der Waals surface area contributed by atoms with E-state index in [4.69, 9.17) is 37.0 Å². The summed E-state index contributed by atoms with van der Waals surface area (Å²) in [5.74, 6) is -0.501. The molecule has 2 unspecified atom stereocenters. The fourth-order valence-corrected chi connectivity index (χ4v) is 14.5. The highest BCUT2D eigenvalue weighted by molar-refractivity contribution is 7.47. The Labute approximate surface area is 626 Å². The second-order valence-electron chi connectivity index (χ2n) is 30.8. The summed E-state index contributed by atoms with van der Waals surface area (Å²) >= 11 is 0. The maximum Gasteiger partial charge on any atom is 0.472 e. The average Bonchev–Trinajstić information content (AvgIpc) is 0.908. The molecule has 0 saturated heterocycles. The van der Waals surface area contributed by atoms with Gasteiger partial charge in [0.15, 0.2) is 12.2 Å². The van der Waals surface area contributed by atoms with Crippen LogP contribution in [0.2, 0.25) is 0 Å². The predicted molar refractivity (Wildman–Crippen MR) is 418 cm³/mol. The molecule has 0 aliphatic rings. The minimum absolute atomic E-state index is 0.108.